The fourth-order valence-corrected chi connectivity index (χ4v) is 2.48. The zero-order chi connectivity index (χ0) is 17.1. The molecule has 0 spiro atoms. The first kappa shape index (κ1) is 16.2. The summed E-state index contributed by atoms with van der Waals surface area (Å²) in [6.45, 7) is 2.31. The third-order valence-electron chi connectivity index (χ3n) is 3.65. The average molecular weight is 342 g/mol. The molecule has 0 saturated heterocycles. The van der Waals surface area contributed by atoms with E-state index in [-0.39, 0.29) is 5.95 Å². The summed E-state index contributed by atoms with van der Waals surface area (Å²) < 4.78 is 1.45. The zero-order valence-electron chi connectivity index (χ0n) is 13.0. The molecule has 1 aromatic carbocycles. The van der Waals surface area contributed by atoms with E-state index in [1.165, 1.54) is 15.7 Å². The van der Waals surface area contributed by atoms with E-state index in [4.69, 9.17) is 17.4 Å². The second-order valence-electron chi connectivity index (χ2n) is 5.13. The molecule has 7 heteroatoms. The summed E-state index contributed by atoms with van der Waals surface area (Å²) in [6.07, 6.45) is 0. The number of anilines is 1. The normalized spacial score (nSPS) is 10.6. The van der Waals surface area contributed by atoms with Gasteiger partial charge >= 0.3 is 5.69 Å². The van der Waals surface area contributed by atoms with Crippen molar-refractivity contribution >= 4 is 17.5 Å². The van der Waals surface area contributed by atoms with Crippen molar-refractivity contribution in [3.8, 4) is 22.5 Å². The molecule has 1 aromatic heterocycles. The molecule has 0 radical (unpaired) electrons. The van der Waals surface area contributed by atoms with Gasteiger partial charge in [0.2, 0.25) is 5.95 Å². The first-order chi connectivity index (χ1) is 11.6. The third-order valence-corrected chi connectivity index (χ3v) is 3.88. The first-order valence-corrected chi connectivity index (χ1v) is 7.82. The van der Waals surface area contributed by atoms with Gasteiger partial charge in [0, 0.05) is 17.1 Å². The van der Waals surface area contributed by atoms with Crippen LogP contribution in [0.2, 0.25) is 5.02 Å². The molecule has 0 aliphatic heterocycles. The lowest BCUT2D eigenvalue weighted by Crippen LogP contribution is -2.27. The van der Waals surface area contributed by atoms with Crippen molar-refractivity contribution in [2.75, 3.05) is 5.43 Å². The summed E-state index contributed by atoms with van der Waals surface area (Å²) in [4.78, 5) is 19.7. The standard InChI is InChI=1S/C11H12ClN5O.C6H4/c1-2-17-9(7-4-3-5-8(12)6-7)14-10(16-13)15-11(17)18;1-2-6-4-3-5(1)6/h3-6H,2,13H2,1H3,(H,15,16,18);1-4H. The number of halogens is 1. The number of nitrogens with two attached hydrogens (primary N) is 1. The molecule has 0 amide bonds. The Morgan fingerprint density at radius 1 is 1.08 bits per heavy atom. The predicted octanol–water partition coefficient (Wildman–Crippen LogP) is 2.93. The second kappa shape index (κ2) is 6.82. The number of hydrogen-bond acceptors (Lipinski definition) is 5. The fourth-order valence-electron chi connectivity index (χ4n) is 2.29. The molecule has 3 N–H and O–H groups in total. The summed E-state index contributed by atoms with van der Waals surface area (Å²) in [6, 6.07) is 15.6. The minimum Gasteiger partial charge on any atom is -0.292 e. The maximum atomic E-state index is 11.8. The Hall–Kier alpha value is -2.70. The minimum atomic E-state index is -0.407. The molecule has 2 aliphatic rings. The number of rotatable bonds is 3. The molecule has 0 bridgehead atoms. The lowest BCUT2D eigenvalue weighted by Gasteiger charge is -2.10. The van der Waals surface area contributed by atoms with Crippen molar-refractivity contribution < 1.29 is 0 Å². The molecule has 0 atom stereocenters. The van der Waals surface area contributed by atoms with Crippen LogP contribution in [0.15, 0.2) is 53.3 Å². The Bertz CT molecular complexity index is 900. The number of nitrogens with one attached hydrogen (secondary N) is 1. The Morgan fingerprint density at radius 2 is 1.75 bits per heavy atom. The van der Waals surface area contributed by atoms with Crippen molar-refractivity contribution in [3.05, 3.63) is 64.0 Å². The van der Waals surface area contributed by atoms with Crippen molar-refractivity contribution in [3.63, 3.8) is 0 Å². The Balaban J connectivity index is 0.000000231. The lowest BCUT2D eigenvalue weighted by molar-refractivity contribution is 0.687. The Morgan fingerprint density at radius 3 is 2.21 bits per heavy atom. The molecule has 122 valence electrons. The van der Waals surface area contributed by atoms with Crippen LogP contribution in [0.25, 0.3) is 22.5 Å². The van der Waals surface area contributed by atoms with E-state index in [0.29, 0.717) is 17.4 Å². The Kier molecular flexibility index (Phi) is 4.59. The largest absolute Gasteiger partial charge is 0.352 e. The van der Waals surface area contributed by atoms with E-state index in [0.717, 1.165) is 5.56 Å². The van der Waals surface area contributed by atoms with Gasteiger partial charge in [0.05, 0.1) is 0 Å². The highest BCUT2D eigenvalue weighted by Gasteiger charge is 2.10. The summed E-state index contributed by atoms with van der Waals surface area (Å²) >= 11 is 5.93. The smallest absolute Gasteiger partial charge is 0.292 e. The van der Waals surface area contributed by atoms with Crippen LogP contribution in [0.5, 0.6) is 0 Å². The molecule has 4 rings (SSSR count). The monoisotopic (exact) mass is 341 g/mol. The summed E-state index contributed by atoms with van der Waals surface area (Å²) in [7, 11) is 0. The number of nitrogen functional groups attached to an aromatic ring is 1. The highest BCUT2D eigenvalue weighted by molar-refractivity contribution is 6.30. The van der Waals surface area contributed by atoms with Gasteiger partial charge in [-0.05, 0) is 30.2 Å². The van der Waals surface area contributed by atoms with Crippen molar-refractivity contribution in [1.82, 2.24) is 14.5 Å². The summed E-state index contributed by atoms with van der Waals surface area (Å²) in [5.74, 6) is 5.80. The number of fused-ring (bicyclic) bond motifs is 1. The van der Waals surface area contributed by atoms with Crippen LogP contribution >= 0.6 is 11.6 Å². The van der Waals surface area contributed by atoms with Crippen LogP contribution < -0.4 is 17.0 Å². The van der Waals surface area contributed by atoms with Gasteiger partial charge in [-0.3, -0.25) is 9.99 Å². The number of hydrogen-bond donors (Lipinski definition) is 2. The number of benzene rings is 2. The zero-order valence-corrected chi connectivity index (χ0v) is 13.8. The lowest BCUT2D eigenvalue weighted by atomic mass is 9.95. The molecular weight excluding hydrogens is 326 g/mol. The molecule has 24 heavy (non-hydrogen) atoms. The molecule has 0 fully saturated rings. The SMILES string of the molecule is CCn1c(-c2cccc(Cl)c2)nc(NN)nc1=O.c1cc2ccc1-2. The minimum absolute atomic E-state index is 0.0830. The van der Waals surface area contributed by atoms with Gasteiger partial charge < -0.3 is 0 Å². The highest BCUT2D eigenvalue weighted by atomic mass is 35.5. The van der Waals surface area contributed by atoms with Gasteiger partial charge in [-0.15, -0.1) is 0 Å². The molecule has 0 saturated carbocycles. The maximum Gasteiger partial charge on any atom is 0.352 e. The number of hydrazine groups is 1. The molecular formula is C17H16ClN5O. The number of aromatic nitrogens is 3. The Labute approximate surface area is 143 Å². The predicted molar refractivity (Wildman–Crippen MR) is 95.7 cm³/mol. The van der Waals surface area contributed by atoms with E-state index >= 15 is 0 Å². The van der Waals surface area contributed by atoms with Gasteiger partial charge in [-0.25, -0.2) is 10.6 Å². The van der Waals surface area contributed by atoms with E-state index in [9.17, 15) is 4.79 Å². The van der Waals surface area contributed by atoms with E-state index in [1.54, 1.807) is 18.2 Å². The molecule has 2 aromatic rings. The molecule has 2 aliphatic carbocycles. The van der Waals surface area contributed by atoms with Crippen LogP contribution in [0, 0.1) is 0 Å². The average Bonchev–Trinajstić information content (AvgIpc) is 2.57. The van der Waals surface area contributed by atoms with Crippen molar-refractivity contribution in [2.24, 2.45) is 5.84 Å². The van der Waals surface area contributed by atoms with Gasteiger partial charge in [0.15, 0.2) is 0 Å². The maximum absolute atomic E-state index is 11.8. The number of nitrogens with zero attached hydrogens (tertiary/aromatic N) is 3. The van der Waals surface area contributed by atoms with E-state index in [1.807, 2.05) is 13.0 Å². The van der Waals surface area contributed by atoms with Crippen molar-refractivity contribution in [1.29, 1.82) is 0 Å². The summed E-state index contributed by atoms with van der Waals surface area (Å²) in [5, 5.41) is 0.573. The van der Waals surface area contributed by atoms with Gasteiger partial charge in [-0.1, -0.05) is 48.0 Å². The van der Waals surface area contributed by atoms with Crippen molar-refractivity contribution in [2.45, 2.75) is 13.5 Å². The highest BCUT2D eigenvalue weighted by Crippen LogP contribution is 2.29. The molecule has 0 unspecified atom stereocenters. The van der Waals surface area contributed by atoms with E-state index < -0.39 is 5.69 Å². The summed E-state index contributed by atoms with van der Waals surface area (Å²) in [5.41, 5.74) is 5.46. The van der Waals surface area contributed by atoms with Crippen LogP contribution in [0.4, 0.5) is 5.95 Å². The topological polar surface area (TPSA) is 85.8 Å². The van der Waals surface area contributed by atoms with Crippen LogP contribution in [-0.2, 0) is 6.54 Å². The van der Waals surface area contributed by atoms with Gasteiger partial charge in [0.1, 0.15) is 5.82 Å². The van der Waals surface area contributed by atoms with Crippen LogP contribution in [-0.4, -0.2) is 14.5 Å². The first-order valence-electron chi connectivity index (χ1n) is 7.44. The van der Waals surface area contributed by atoms with E-state index in [2.05, 4.69) is 39.7 Å². The van der Waals surface area contributed by atoms with Gasteiger partial charge in [0.25, 0.3) is 0 Å². The third kappa shape index (κ3) is 3.15. The van der Waals surface area contributed by atoms with Crippen LogP contribution in [0.1, 0.15) is 6.92 Å². The molecule has 1 heterocycles. The second-order valence-corrected chi connectivity index (χ2v) is 5.57. The van der Waals surface area contributed by atoms with Crippen LogP contribution in [0.3, 0.4) is 0 Å². The quantitative estimate of drug-likeness (QED) is 0.442. The fraction of sp³-hybridized carbons (Fsp3) is 0.118. The van der Waals surface area contributed by atoms with Gasteiger partial charge in [-0.2, -0.15) is 9.97 Å². The molecule has 6 nitrogen and oxygen atoms in total.